The highest BCUT2D eigenvalue weighted by Gasteiger charge is 2.10. The number of carbonyl (C=O) groups excluding carboxylic acids is 1. The molecule has 0 aliphatic carbocycles. The number of ether oxygens (including phenoxy) is 1. The number of hydrogen-bond donors (Lipinski definition) is 0. The monoisotopic (exact) mass is 348 g/mol. The Labute approximate surface area is 139 Å². The molecule has 0 aromatic carbocycles. The van der Waals surface area contributed by atoms with E-state index in [1.54, 1.807) is 18.7 Å². The van der Waals surface area contributed by atoms with Gasteiger partial charge in [0.25, 0.3) is 0 Å². The van der Waals surface area contributed by atoms with E-state index in [2.05, 4.69) is 11.5 Å². The van der Waals surface area contributed by atoms with Crippen molar-refractivity contribution in [3.8, 4) is 0 Å². The molecule has 0 aromatic heterocycles. The molecule has 1 unspecified atom stereocenters. The molecule has 0 saturated heterocycles. The first kappa shape index (κ1) is 25.0. The molecule has 0 amide bonds. The van der Waals surface area contributed by atoms with Gasteiger partial charge in [-0.1, -0.05) is 6.58 Å². The van der Waals surface area contributed by atoms with E-state index in [9.17, 15) is 4.79 Å². The van der Waals surface area contributed by atoms with E-state index in [-0.39, 0.29) is 24.6 Å². The van der Waals surface area contributed by atoms with Gasteiger partial charge in [0.15, 0.2) is 6.23 Å². The van der Waals surface area contributed by atoms with E-state index >= 15 is 0 Å². The number of esters is 1. The Morgan fingerprint density at radius 1 is 1.20 bits per heavy atom. The predicted octanol–water partition coefficient (Wildman–Crippen LogP) is 2.83. The van der Waals surface area contributed by atoms with Crippen molar-refractivity contribution in [1.29, 1.82) is 0 Å². The smallest absolute Gasteiger partial charge is 0.334 e. The molecule has 0 rings (SSSR count). The summed E-state index contributed by atoms with van der Waals surface area (Å²) in [5.74, 6) is 1.03. The highest BCUT2D eigenvalue weighted by atomic mass is 35.5. The number of halogens is 3. The Bertz CT molecular complexity index is 258. The van der Waals surface area contributed by atoms with Crippen molar-refractivity contribution in [2.75, 3.05) is 46.0 Å². The molecule has 1 atom stereocenters. The van der Waals surface area contributed by atoms with Crippen molar-refractivity contribution >= 4 is 41.6 Å². The van der Waals surface area contributed by atoms with E-state index in [1.165, 1.54) is 0 Å². The van der Waals surface area contributed by atoms with Crippen LogP contribution in [-0.4, -0.2) is 68.0 Å². The minimum absolute atomic E-state index is 0. The van der Waals surface area contributed by atoms with Crippen LogP contribution in [0.5, 0.6) is 0 Å². The Balaban J connectivity index is -0.000000288. The quantitative estimate of drug-likeness (QED) is 0.306. The Morgan fingerprint density at radius 3 is 1.85 bits per heavy atom. The second kappa shape index (κ2) is 15.4. The molecule has 0 spiro atoms. The Morgan fingerprint density at radius 2 is 1.60 bits per heavy atom. The van der Waals surface area contributed by atoms with Crippen molar-refractivity contribution in [2.24, 2.45) is 0 Å². The van der Waals surface area contributed by atoms with Gasteiger partial charge in [-0.2, -0.15) is 0 Å². The molecule has 0 aromatic rings. The van der Waals surface area contributed by atoms with Crippen LogP contribution < -0.4 is 0 Å². The van der Waals surface area contributed by atoms with Crippen LogP contribution in [0.1, 0.15) is 13.8 Å². The summed E-state index contributed by atoms with van der Waals surface area (Å²) in [6.45, 7) is 8.76. The summed E-state index contributed by atoms with van der Waals surface area (Å²) < 4.78 is 4.96. The van der Waals surface area contributed by atoms with Gasteiger partial charge in [-0.15, -0.1) is 35.6 Å². The first-order chi connectivity index (χ1) is 8.76. The van der Waals surface area contributed by atoms with Gasteiger partial charge in [0.2, 0.25) is 0 Å². The molecule has 122 valence electrons. The van der Waals surface area contributed by atoms with Gasteiger partial charge in [0.1, 0.15) is 0 Å². The van der Waals surface area contributed by atoms with Crippen molar-refractivity contribution < 1.29 is 9.53 Å². The third-order valence-electron chi connectivity index (χ3n) is 2.29. The molecule has 0 aliphatic rings. The van der Waals surface area contributed by atoms with Crippen LogP contribution in [0.2, 0.25) is 0 Å². The molecule has 4 nitrogen and oxygen atoms in total. The standard InChI is InChI=1S/C8H15NO2.C5H11Cl2N.ClH/c1-6(2)8(10)11-7(3)9(4)5;1-8(4-2-6)5-3-7;/h7H,1H2,2-5H3;2-5H2,1H3;1H. The van der Waals surface area contributed by atoms with E-state index < -0.39 is 0 Å². The van der Waals surface area contributed by atoms with Gasteiger partial charge < -0.3 is 9.64 Å². The van der Waals surface area contributed by atoms with Crippen LogP contribution in [0.4, 0.5) is 0 Å². The fraction of sp³-hybridized carbons (Fsp3) is 0.769. The summed E-state index contributed by atoms with van der Waals surface area (Å²) >= 11 is 10.9. The molecule has 0 bridgehead atoms. The SMILES string of the molecule is C=C(C)C(=O)OC(C)N(C)C.CN(CCCl)CCCl.Cl. The average Bonchev–Trinajstić information content (AvgIpc) is 2.30. The first-order valence-corrected chi connectivity index (χ1v) is 7.16. The van der Waals surface area contributed by atoms with E-state index in [0.29, 0.717) is 17.3 Å². The minimum atomic E-state index is -0.341. The molecule has 0 heterocycles. The van der Waals surface area contributed by atoms with E-state index in [1.807, 2.05) is 21.1 Å². The molecule has 0 N–H and O–H groups in total. The maximum Gasteiger partial charge on any atom is 0.334 e. The Hall–Kier alpha value is -0.000000000000000111. The van der Waals surface area contributed by atoms with Crippen molar-refractivity contribution in [3.05, 3.63) is 12.2 Å². The molecule has 0 saturated carbocycles. The number of alkyl halides is 2. The fourth-order valence-corrected chi connectivity index (χ4v) is 1.34. The van der Waals surface area contributed by atoms with Gasteiger partial charge in [-0.05, 0) is 35.0 Å². The summed E-state index contributed by atoms with van der Waals surface area (Å²) in [7, 11) is 5.69. The normalized spacial score (nSPS) is 11.2. The van der Waals surface area contributed by atoms with E-state index in [0.717, 1.165) is 13.1 Å². The highest BCUT2D eigenvalue weighted by Crippen LogP contribution is 1.99. The molecule has 7 heteroatoms. The van der Waals surface area contributed by atoms with Crippen LogP contribution >= 0.6 is 35.6 Å². The Kier molecular flexibility index (Phi) is 19.2. The van der Waals surface area contributed by atoms with Crippen molar-refractivity contribution in [3.63, 3.8) is 0 Å². The fourth-order valence-electron chi connectivity index (χ4n) is 0.761. The highest BCUT2D eigenvalue weighted by molar-refractivity contribution is 6.18. The van der Waals surface area contributed by atoms with Crippen LogP contribution in [-0.2, 0) is 9.53 Å². The second-order valence-electron chi connectivity index (χ2n) is 4.43. The van der Waals surface area contributed by atoms with Gasteiger partial charge >= 0.3 is 5.97 Å². The summed E-state index contributed by atoms with van der Waals surface area (Å²) in [5.41, 5.74) is 0.429. The lowest BCUT2D eigenvalue weighted by Crippen LogP contribution is -2.30. The summed E-state index contributed by atoms with van der Waals surface area (Å²) in [6, 6.07) is 0. The third-order valence-corrected chi connectivity index (χ3v) is 2.62. The number of nitrogens with zero attached hydrogens (tertiary/aromatic N) is 2. The largest absolute Gasteiger partial charge is 0.443 e. The zero-order valence-corrected chi connectivity index (χ0v) is 15.3. The molecule has 0 fully saturated rings. The van der Waals surface area contributed by atoms with Gasteiger partial charge in [-0.3, -0.25) is 4.90 Å². The van der Waals surface area contributed by atoms with Gasteiger partial charge in [-0.25, -0.2) is 4.79 Å². The van der Waals surface area contributed by atoms with Gasteiger partial charge in [0, 0.05) is 30.4 Å². The van der Waals surface area contributed by atoms with E-state index in [4.69, 9.17) is 27.9 Å². The zero-order chi connectivity index (χ0) is 15.4. The summed E-state index contributed by atoms with van der Waals surface area (Å²) in [6.07, 6.45) is -0.195. The summed E-state index contributed by atoms with van der Waals surface area (Å²) in [4.78, 5) is 14.8. The lowest BCUT2D eigenvalue weighted by molar-refractivity contribution is -0.150. The lowest BCUT2D eigenvalue weighted by Gasteiger charge is -2.19. The zero-order valence-electron chi connectivity index (χ0n) is 13.0. The van der Waals surface area contributed by atoms with Crippen LogP contribution in [0.15, 0.2) is 12.2 Å². The lowest BCUT2D eigenvalue weighted by atomic mass is 10.4. The van der Waals surface area contributed by atoms with Crippen LogP contribution in [0.25, 0.3) is 0 Å². The molecule has 0 radical (unpaired) electrons. The van der Waals surface area contributed by atoms with Crippen LogP contribution in [0, 0.1) is 0 Å². The number of carbonyl (C=O) groups is 1. The van der Waals surface area contributed by atoms with Crippen molar-refractivity contribution in [1.82, 2.24) is 9.80 Å². The molecule has 0 aliphatic heterocycles. The second-order valence-corrected chi connectivity index (χ2v) is 5.19. The molecule has 20 heavy (non-hydrogen) atoms. The maximum atomic E-state index is 10.9. The molecular formula is C13H27Cl3N2O2. The maximum absolute atomic E-state index is 10.9. The minimum Gasteiger partial charge on any atom is -0.443 e. The number of hydrogen-bond acceptors (Lipinski definition) is 4. The van der Waals surface area contributed by atoms with Gasteiger partial charge in [0.05, 0.1) is 0 Å². The van der Waals surface area contributed by atoms with Crippen molar-refractivity contribution in [2.45, 2.75) is 20.1 Å². The van der Waals surface area contributed by atoms with Crippen LogP contribution in [0.3, 0.4) is 0 Å². The first-order valence-electron chi connectivity index (χ1n) is 6.09. The summed E-state index contributed by atoms with van der Waals surface area (Å²) in [5, 5.41) is 0. The predicted molar refractivity (Wildman–Crippen MR) is 90.2 cm³/mol. The average molecular weight is 350 g/mol. The topological polar surface area (TPSA) is 32.8 Å². The number of rotatable bonds is 7. The molecular weight excluding hydrogens is 323 g/mol. The third kappa shape index (κ3) is 16.1.